The van der Waals surface area contributed by atoms with Gasteiger partial charge in [-0.2, -0.15) is 0 Å². The molecule has 1 atom stereocenters. The van der Waals surface area contributed by atoms with Crippen LogP contribution in [0.1, 0.15) is 41.7 Å². The number of carbonyl (C=O) groups excluding carboxylic acids is 1. The lowest BCUT2D eigenvalue weighted by molar-refractivity contribution is -0.137. The molecule has 1 saturated heterocycles. The van der Waals surface area contributed by atoms with Crippen molar-refractivity contribution < 1.29 is 14.7 Å². The minimum absolute atomic E-state index is 0.0527. The number of aromatic nitrogens is 2. The van der Waals surface area contributed by atoms with Gasteiger partial charge in [-0.15, -0.1) is 0 Å². The Balaban J connectivity index is 2.00. The highest BCUT2D eigenvalue weighted by Crippen LogP contribution is 2.22. The van der Waals surface area contributed by atoms with Crippen molar-refractivity contribution in [3.05, 3.63) is 23.8 Å². The van der Waals surface area contributed by atoms with Crippen molar-refractivity contribution in [2.45, 2.75) is 32.6 Å². The van der Waals surface area contributed by atoms with Gasteiger partial charge in [0.25, 0.3) is 5.91 Å². The van der Waals surface area contributed by atoms with Crippen LogP contribution in [0, 0.1) is 12.8 Å². The Morgan fingerprint density at radius 3 is 3.00 bits per heavy atom. The molecule has 2 rings (SSSR count). The summed E-state index contributed by atoms with van der Waals surface area (Å²) in [5.74, 6) is -0.558. The summed E-state index contributed by atoms with van der Waals surface area (Å²) in [4.78, 5) is 32.8. The molecule has 1 aliphatic heterocycles. The maximum atomic E-state index is 12.4. The van der Waals surface area contributed by atoms with E-state index in [-0.39, 0.29) is 18.2 Å². The van der Waals surface area contributed by atoms with Gasteiger partial charge in [-0.05, 0) is 32.1 Å². The topological polar surface area (TPSA) is 83.4 Å². The molecule has 0 aromatic carbocycles. The molecule has 1 N–H and O–H groups in total. The molecule has 6 heteroatoms. The number of hydrogen-bond donors (Lipinski definition) is 1. The Hall–Kier alpha value is -1.98. The molecule has 0 saturated carbocycles. The number of likely N-dealkylation sites (tertiary alicyclic amines) is 1. The molecule has 1 aromatic heterocycles. The minimum Gasteiger partial charge on any atom is -0.481 e. The fourth-order valence-electron chi connectivity index (χ4n) is 2.58. The summed E-state index contributed by atoms with van der Waals surface area (Å²) in [5.41, 5.74) is 1.21. The SMILES string of the molecule is Cc1ncncc1C(=O)N1CCCC(CCC(=O)O)C1. The monoisotopic (exact) mass is 277 g/mol. The summed E-state index contributed by atoms with van der Waals surface area (Å²) in [6, 6.07) is 0. The van der Waals surface area contributed by atoms with Crippen molar-refractivity contribution in [1.82, 2.24) is 14.9 Å². The number of aryl methyl sites for hydroxylation is 1. The zero-order chi connectivity index (χ0) is 14.5. The summed E-state index contributed by atoms with van der Waals surface area (Å²) in [6.45, 7) is 3.14. The van der Waals surface area contributed by atoms with Crippen LogP contribution in [0.2, 0.25) is 0 Å². The molecule has 1 unspecified atom stereocenters. The van der Waals surface area contributed by atoms with E-state index >= 15 is 0 Å². The van der Waals surface area contributed by atoms with Crippen LogP contribution in [-0.4, -0.2) is 44.9 Å². The molecule has 2 heterocycles. The van der Waals surface area contributed by atoms with Crippen LogP contribution in [0.3, 0.4) is 0 Å². The van der Waals surface area contributed by atoms with Crippen LogP contribution in [-0.2, 0) is 4.79 Å². The summed E-state index contributed by atoms with van der Waals surface area (Å²) in [5, 5.41) is 8.74. The molecule has 108 valence electrons. The molecular formula is C14H19N3O3. The van der Waals surface area contributed by atoms with E-state index in [1.54, 1.807) is 18.0 Å². The first-order valence-corrected chi connectivity index (χ1v) is 6.85. The quantitative estimate of drug-likeness (QED) is 0.901. The Kier molecular flexibility index (Phi) is 4.65. The summed E-state index contributed by atoms with van der Waals surface area (Å²) in [6.07, 6.45) is 5.68. The van der Waals surface area contributed by atoms with Gasteiger partial charge in [0, 0.05) is 25.7 Å². The lowest BCUT2D eigenvalue weighted by Gasteiger charge is -2.32. The smallest absolute Gasteiger partial charge is 0.303 e. The van der Waals surface area contributed by atoms with Crippen molar-refractivity contribution in [3.63, 3.8) is 0 Å². The number of carboxylic acid groups (broad SMARTS) is 1. The second-order valence-corrected chi connectivity index (χ2v) is 5.21. The van der Waals surface area contributed by atoms with Gasteiger partial charge in [0.1, 0.15) is 6.33 Å². The van der Waals surface area contributed by atoms with E-state index in [2.05, 4.69) is 9.97 Å². The largest absolute Gasteiger partial charge is 0.481 e. The van der Waals surface area contributed by atoms with E-state index in [1.807, 2.05) is 0 Å². The molecule has 0 spiro atoms. The van der Waals surface area contributed by atoms with Crippen molar-refractivity contribution in [3.8, 4) is 0 Å². The maximum absolute atomic E-state index is 12.4. The van der Waals surface area contributed by atoms with Gasteiger partial charge in [0.2, 0.25) is 0 Å². The molecule has 6 nitrogen and oxygen atoms in total. The molecule has 0 aliphatic carbocycles. The molecule has 1 fully saturated rings. The summed E-state index contributed by atoms with van der Waals surface area (Å²) < 4.78 is 0. The van der Waals surface area contributed by atoms with E-state index in [4.69, 9.17) is 5.11 Å². The zero-order valence-electron chi connectivity index (χ0n) is 11.6. The highest BCUT2D eigenvalue weighted by molar-refractivity contribution is 5.94. The third-order valence-corrected chi connectivity index (χ3v) is 3.71. The Bertz CT molecular complexity index is 504. The first kappa shape index (κ1) is 14.4. The lowest BCUT2D eigenvalue weighted by Crippen LogP contribution is -2.40. The predicted molar refractivity (Wildman–Crippen MR) is 72.3 cm³/mol. The average molecular weight is 277 g/mol. The van der Waals surface area contributed by atoms with E-state index in [0.717, 1.165) is 19.4 Å². The normalized spacial score (nSPS) is 18.9. The highest BCUT2D eigenvalue weighted by Gasteiger charge is 2.25. The summed E-state index contributed by atoms with van der Waals surface area (Å²) in [7, 11) is 0. The van der Waals surface area contributed by atoms with E-state index in [1.165, 1.54) is 6.33 Å². The first-order valence-electron chi connectivity index (χ1n) is 6.85. The third-order valence-electron chi connectivity index (χ3n) is 3.71. The summed E-state index contributed by atoms with van der Waals surface area (Å²) >= 11 is 0. The van der Waals surface area contributed by atoms with Gasteiger partial charge in [-0.25, -0.2) is 9.97 Å². The number of piperidine rings is 1. The van der Waals surface area contributed by atoms with Crippen LogP contribution in [0.15, 0.2) is 12.5 Å². The van der Waals surface area contributed by atoms with E-state index in [0.29, 0.717) is 24.2 Å². The van der Waals surface area contributed by atoms with Crippen LogP contribution >= 0.6 is 0 Å². The number of nitrogens with zero attached hydrogens (tertiary/aromatic N) is 3. The Morgan fingerprint density at radius 1 is 1.50 bits per heavy atom. The zero-order valence-corrected chi connectivity index (χ0v) is 11.6. The van der Waals surface area contributed by atoms with Gasteiger partial charge in [-0.3, -0.25) is 9.59 Å². The second kappa shape index (κ2) is 6.45. The number of carboxylic acids is 1. The molecule has 1 aromatic rings. The lowest BCUT2D eigenvalue weighted by atomic mass is 9.93. The maximum Gasteiger partial charge on any atom is 0.303 e. The van der Waals surface area contributed by atoms with Crippen molar-refractivity contribution >= 4 is 11.9 Å². The second-order valence-electron chi connectivity index (χ2n) is 5.21. The van der Waals surface area contributed by atoms with Crippen molar-refractivity contribution in [2.75, 3.05) is 13.1 Å². The highest BCUT2D eigenvalue weighted by atomic mass is 16.4. The predicted octanol–water partition coefficient (Wildman–Crippen LogP) is 1.50. The number of hydrogen-bond acceptors (Lipinski definition) is 4. The molecule has 20 heavy (non-hydrogen) atoms. The molecule has 0 radical (unpaired) electrons. The number of carbonyl (C=O) groups is 2. The fraction of sp³-hybridized carbons (Fsp3) is 0.571. The fourth-order valence-corrected chi connectivity index (χ4v) is 2.58. The van der Waals surface area contributed by atoms with Gasteiger partial charge in [0.15, 0.2) is 0 Å². The Labute approximate surface area is 117 Å². The van der Waals surface area contributed by atoms with Gasteiger partial charge < -0.3 is 10.0 Å². The standard InChI is InChI=1S/C14H19N3O3/c1-10-12(7-15-9-16-10)14(20)17-6-2-3-11(8-17)4-5-13(18)19/h7,9,11H,2-6,8H2,1H3,(H,18,19). The average Bonchev–Trinajstić information content (AvgIpc) is 2.45. The number of amides is 1. The van der Waals surface area contributed by atoms with Crippen LogP contribution in [0.25, 0.3) is 0 Å². The van der Waals surface area contributed by atoms with Crippen molar-refractivity contribution in [2.24, 2.45) is 5.92 Å². The molecule has 1 amide bonds. The van der Waals surface area contributed by atoms with Crippen LogP contribution < -0.4 is 0 Å². The van der Waals surface area contributed by atoms with E-state index in [9.17, 15) is 9.59 Å². The molecule has 1 aliphatic rings. The van der Waals surface area contributed by atoms with Crippen molar-refractivity contribution in [1.29, 1.82) is 0 Å². The minimum atomic E-state index is -0.777. The first-order chi connectivity index (χ1) is 9.58. The number of rotatable bonds is 4. The van der Waals surface area contributed by atoms with E-state index < -0.39 is 5.97 Å². The number of aliphatic carboxylic acids is 1. The van der Waals surface area contributed by atoms with Crippen LogP contribution in [0.5, 0.6) is 0 Å². The van der Waals surface area contributed by atoms with Gasteiger partial charge in [-0.1, -0.05) is 0 Å². The Morgan fingerprint density at radius 2 is 2.30 bits per heavy atom. The van der Waals surface area contributed by atoms with Gasteiger partial charge in [0.05, 0.1) is 11.3 Å². The molecule has 0 bridgehead atoms. The van der Waals surface area contributed by atoms with Crippen LogP contribution in [0.4, 0.5) is 0 Å². The molecular weight excluding hydrogens is 258 g/mol. The van der Waals surface area contributed by atoms with Gasteiger partial charge >= 0.3 is 5.97 Å². The third kappa shape index (κ3) is 3.53.